The van der Waals surface area contributed by atoms with Gasteiger partial charge in [-0.2, -0.15) is 0 Å². The summed E-state index contributed by atoms with van der Waals surface area (Å²) in [6, 6.07) is 6.71. The van der Waals surface area contributed by atoms with E-state index in [4.69, 9.17) is 13.0 Å². The molecule has 0 aliphatic rings. The van der Waals surface area contributed by atoms with Crippen LogP contribution in [0.15, 0.2) is 30.5 Å². The molecule has 5 heteroatoms. The molecule has 0 unspecified atom stereocenters. The van der Waals surface area contributed by atoms with E-state index in [1.165, 1.54) is 10.8 Å². The Morgan fingerprint density at radius 3 is 2.59 bits per heavy atom. The van der Waals surface area contributed by atoms with E-state index in [1.54, 1.807) is 45.0 Å². The lowest BCUT2D eigenvalue weighted by Crippen LogP contribution is -2.26. The lowest BCUT2D eigenvalue weighted by molar-refractivity contribution is -0.127. The Balaban J connectivity index is 2.46. The summed E-state index contributed by atoms with van der Waals surface area (Å²) in [4.78, 5) is 24.9. The lowest BCUT2D eigenvalue weighted by Gasteiger charge is -2.19. The highest BCUT2D eigenvalue weighted by Crippen LogP contribution is 2.23. The Kier molecular flexibility index (Phi) is 2.56. The number of rotatable bonds is 2. The molecule has 2 aromatic rings. The van der Waals surface area contributed by atoms with Crippen LogP contribution in [0.4, 0.5) is 4.79 Å². The second-order valence-electron chi connectivity index (χ2n) is 5.93. The highest BCUT2D eigenvalue weighted by atomic mass is 16.6. The van der Waals surface area contributed by atoms with E-state index in [1.807, 2.05) is 0 Å². The zero-order valence-corrected chi connectivity index (χ0v) is 12.7. The van der Waals surface area contributed by atoms with Crippen molar-refractivity contribution < 1.29 is 22.6 Å². The van der Waals surface area contributed by atoms with Gasteiger partial charge < -0.3 is 9.64 Å². The molecule has 0 radical (unpaired) electrons. The second kappa shape index (κ2) is 5.83. The minimum absolute atomic E-state index is 0.0837. The fraction of sp³-hybridized carbons (Fsp3) is 0.412. The van der Waals surface area contributed by atoms with Crippen LogP contribution in [0, 0.1) is 0 Å². The molecule has 5 nitrogen and oxygen atoms in total. The van der Waals surface area contributed by atoms with Crippen molar-refractivity contribution in [3.05, 3.63) is 36.0 Å². The second-order valence-corrected chi connectivity index (χ2v) is 5.93. The van der Waals surface area contributed by atoms with Gasteiger partial charge in [0.15, 0.2) is 0 Å². The van der Waals surface area contributed by atoms with Gasteiger partial charge in [0, 0.05) is 33.8 Å². The number of fused-ring (bicyclic) bond motifs is 1. The van der Waals surface area contributed by atoms with Crippen LogP contribution in [0.2, 0.25) is 0 Å². The Morgan fingerprint density at radius 1 is 1.27 bits per heavy atom. The van der Waals surface area contributed by atoms with Crippen molar-refractivity contribution in [2.24, 2.45) is 0 Å². The van der Waals surface area contributed by atoms with Gasteiger partial charge in [0.05, 0.1) is 11.9 Å². The summed E-state index contributed by atoms with van der Waals surface area (Å²) < 4.78 is 50.8. The predicted octanol–water partition coefficient (Wildman–Crippen LogP) is 3.06. The number of carbonyl (C=O) groups excluding carboxylic acids is 2. The SMILES string of the molecule is [2H]C([2H])([2H])N(C(=O)Cc1cn(C(=O)OC(C)(C)C)c2ccccc12)C([2H])([2H])[2H]. The molecular weight excluding hydrogens is 280 g/mol. The average molecular weight is 308 g/mol. The molecular formula is C17H22N2O3. The Bertz CT molecular complexity index is 879. The van der Waals surface area contributed by atoms with Gasteiger partial charge in [0.25, 0.3) is 0 Å². The van der Waals surface area contributed by atoms with Crippen LogP contribution in [0.3, 0.4) is 0 Å². The van der Waals surface area contributed by atoms with Crippen LogP contribution in [0.5, 0.6) is 0 Å². The summed E-state index contributed by atoms with van der Waals surface area (Å²) in [7, 11) is 0. The van der Waals surface area contributed by atoms with Crippen molar-refractivity contribution in [3.63, 3.8) is 0 Å². The summed E-state index contributed by atoms with van der Waals surface area (Å²) >= 11 is 0. The van der Waals surface area contributed by atoms with Crippen LogP contribution >= 0.6 is 0 Å². The molecule has 118 valence electrons. The largest absolute Gasteiger partial charge is 0.443 e. The van der Waals surface area contributed by atoms with Gasteiger partial charge in [-0.3, -0.25) is 9.36 Å². The predicted molar refractivity (Wildman–Crippen MR) is 86.0 cm³/mol. The first-order valence-corrected chi connectivity index (χ1v) is 6.77. The van der Waals surface area contributed by atoms with Crippen molar-refractivity contribution in [1.82, 2.24) is 9.47 Å². The fourth-order valence-electron chi connectivity index (χ4n) is 2.10. The number of benzene rings is 1. The quantitative estimate of drug-likeness (QED) is 0.857. The zero-order chi connectivity index (χ0) is 21.5. The first-order valence-electron chi connectivity index (χ1n) is 9.77. The number of hydrogen-bond donors (Lipinski definition) is 0. The van der Waals surface area contributed by atoms with E-state index >= 15 is 0 Å². The summed E-state index contributed by atoms with van der Waals surface area (Å²) in [6.45, 7) is -1.10. The number of likely N-dealkylation sites (N-methyl/N-ethyl adjacent to an activating group) is 1. The van der Waals surface area contributed by atoms with Gasteiger partial charge in [-0.05, 0) is 32.4 Å². The van der Waals surface area contributed by atoms with E-state index in [0.29, 0.717) is 16.5 Å². The third-order valence-corrected chi connectivity index (χ3v) is 2.98. The van der Waals surface area contributed by atoms with Crippen molar-refractivity contribution >= 4 is 22.9 Å². The molecule has 0 bridgehead atoms. The summed E-state index contributed by atoms with van der Waals surface area (Å²) in [6.07, 6.45) is 0.215. The topological polar surface area (TPSA) is 51.5 Å². The molecule has 2 rings (SSSR count). The van der Waals surface area contributed by atoms with Crippen molar-refractivity contribution in [2.75, 3.05) is 14.0 Å². The van der Waals surface area contributed by atoms with Crippen LogP contribution in [-0.2, 0) is 16.0 Å². The fourth-order valence-corrected chi connectivity index (χ4v) is 2.10. The Morgan fingerprint density at radius 2 is 1.95 bits per heavy atom. The van der Waals surface area contributed by atoms with Crippen LogP contribution in [0.1, 0.15) is 34.6 Å². The normalized spacial score (nSPS) is 16.7. The van der Waals surface area contributed by atoms with Gasteiger partial charge in [-0.15, -0.1) is 0 Å². The number of amides is 1. The van der Waals surface area contributed by atoms with Crippen molar-refractivity contribution in [1.29, 1.82) is 0 Å². The maximum absolute atomic E-state index is 12.5. The zero-order valence-electron chi connectivity index (χ0n) is 18.7. The van der Waals surface area contributed by atoms with E-state index in [0.717, 1.165) is 0 Å². The van der Waals surface area contributed by atoms with Gasteiger partial charge >= 0.3 is 6.09 Å². The molecule has 0 atom stereocenters. The third-order valence-electron chi connectivity index (χ3n) is 2.98. The summed E-state index contributed by atoms with van der Waals surface area (Å²) in [5.74, 6) is -1.09. The molecule has 0 N–H and O–H groups in total. The van der Waals surface area contributed by atoms with Crippen LogP contribution in [0.25, 0.3) is 10.9 Å². The van der Waals surface area contributed by atoms with E-state index in [2.05, 4.69) is 0 Å². The molecule has 1 aromatic heterocycles. The van der Waals surface area contributed by atoms with E-state index in [-0.39, 0.29) is 4.90 Å². The lowest BCUT2D eigenvalue weighted by atomic mass is 10.1. The number of aromatic nitrogens is 1. The minimum atomic E-state index is -3.12. The molecule has 0 fully saturated rings. The van der Waals surface area contributed by atoms with Crippen LogP contribution in [-0.4, -0.2) is 41.0 Å². The Hall–Kier alpha value is -2.30. The van der Waals surface area contributed by atoms with E-state index in [9.17, 15) is 9.59 Å². The van der Waals surface area contributed by atoms with Crippen LogP contribution < -0.4 is 0 Å². The number of carbonyl (C=O) groups is 2. The average Bonchev–Trinajstić information content (AvgIpc) is 2.81. The van der Waals surface area contributed by atoms with Gasteiger partial charge in [0.1, 0.15) is 5.60 Å². The standard InChI is InChI=1S/C17H22N2O3/c1-17(2,3)22-16(21)19-11-12(10-15(20)18(4)5)13-8-6-7-9-14(13)19/h6-9,11H,10H2,1-5H3/i4D3,5D3. The van der Waals surface area contributed by atoms with E-state index < -0.39 is 38.0 Å². The molecule has 0 saturated carbocycles. The van der Waals surface area contributed by atoms with Gasteiger partial charge in [0.2, 0.25) is 5.91 Å². The third kappa shape index (κ3) is 3.47. The monoisotopic (exact) mass is 308 g/mol. The number of para-hydroxylation sites is 1. The molecule has 22 heavy (non-hydrogen) atoms. The molecule has 1 aromatic carbocycles. The van der Waals surface area contributed by atoms with Gasteiger partial charge in [-0.1, -0.05) is 18.2 Å². The maximum Gasteiger partial charge on any atom is 0.419 e. The first kappa shape index (κ1) is 9.66. The highest BCUT2D eigenvalue weighted by molar-refractivity contribution is 5.94. The molecule has 0 aliphatic carbocycles. The maximum atomic E-state index is 12.5. The minimum Gasteiger partial charge on any atom is -0.443 e. The summed E-state index contributed by atoms with van der Waals surface area (Å²) in [5, 5.41) is 0.526. The smallest absolute Gasteiger partial charge is 0.419 e. The van der Waals surface area contributed by atoms with Gasteiger partial charge in [-0.25, -0.2) is 4.79 Å². The first-order chi connectivity index (χ1) is 12.6. The molecule has 0 aliphatic heterocycles. The van der Waals surface area contributed by atoms with Crippen molar-refractivity contribution in [3.8, 4) is 0 Å². The molecule has 1 amide bonds. The number of nitrogens with zero attached hydrogens (tertiary/aromatic N) is 2. The highest BCUT2D eigenvalue weighted by Gasteiger charge is 2.21. The number of ether oxygens (including phenoxy) is 1. The Labute approximate surface area is 138 Å². The van der Waals surface area contributed by atoms with Crippen molar-refractivity contribution in [2.45, 2.75) is 32.8 Å². The number of hydrogen-bond acceptors (Lipinski definition) is 3. The molecule has 0 spiro atoms. The summed E-state index contributed by atoms with van der Waals surface area (Å²) in [5.41, 5.74) is 0.0522. The molecule has 0 saturated heterocycles. The molecule has 1 heterocycles.